The fraction of sp³-hybridized carbons (Fsp3) is 0.333. The lowest BCUT2D eigenvalue weighted by atomic mass is 10.2. The van der Waals surface area contributed by atoms with Gasteiger partial charge in [0.1, 0.15) is 12.1 Å². The number of aromatic nitrogens is 4. The number of amides is 1. The van der Waals surface area contributed by atoms with Crippen LogP contribution >= 0.6 is 11.3 Å². The van der Waals surface area contributed by atoms with Crippen LogP contribution in [0.3, 0.4) is 0 Å². The number of piperazine rings is 1. The van der Waals surface area contributed by atoms with E-state index >= 15 is 0 Å². The largest absolute Gasteiger partial charge is 0.353 e. The second-order valence-corrected chi connectivity index (χ2v) is 6.43. The van der Waals surface area contributed by atoms with Crippen LogP contribution < -0.4 is 4.90 Å². The van der Waals surface area contributed by atoms with Crippen molar-refractivity contribution in [3.8, 4) is 0 Å². The molecule has 23 heavy (non-hydrogen) atoms. The second-order valence-electron chi connectivity index (χ2n) is 5.48. The van der Waals surface area contributed by atoms with Gasteiger partial charge in [0.2, 0.25) is 0 Å². The molecular formula is C15H16N6OS. The zero-order valence-corrected chi connectivity index (χ0v) is 13.5. The van der Waals surface area contributed by atoms with E-state index in [1.54, 1.807) is 4.52 Å². The van der Waals surface area contributed by atoms with E-state index in [2.05, 4.69) is 20.0 Å². The van der Waals surface area contributed by atoms with Crippen molar-refractivity contribution < 1.29 is 4.79 Å². The van der Waals surface area contributed by atoms with Gasteiger partial charge in [-0.15, -0.1) is 11.3 Å². The number of carbonyl (C=O) groups is 1. The van der Waals surface area contributed by atoms with Crippen molar-refractivity contribution in [2.24, 2.45) is 0 Å². The predicted octanol–water partition coefficient (Wildman–Crippen LogP) is 1.46. The second kappa shape index (κ2) is 5.62. The van der Waals surface area contributed by atoms with Crippen molar-refractivity contribution in [2.45, 2.75) is 6.92 Å². The van der Waals surface area contributed by atoms with Crippen molar-refractivity contribution in [3.63, 3.8) is 0 Å². The maximum atomic E-state index is 12.4. The van der Waals surface area contributed by atoms with Crippen molar-refractivity contribution in [1.29, 1.82) is 0 Å². The number of carbonyl (C=O) groups excluding carboxylic acids is 1. The molecule has 8 heteroatoms. The van der Waals surface area contributed by atoms with Crippen LogP contribution in [0, 0.1) is 6.92 Å². The van der Waals surface area contributed by atoms with Gasteiger partial charge < -0.3 is 9.80 Å². The van der Waals surface area contributed by atoms with Crippen LogP contribution in [0.1, 0.15) is 15.4 Å². The summed E-state index contributed by atoms with van der Waals surface area (Å²) in [6, 6.07) is 5.80. The fourth-order valence-corrected chi connectivity index (χ4v) is 3.52. The maximum absolute atomic E-state index is 12.4. The summed E-state index contributed by atoms with van der Waals surface area (Å²) in [5, 5.41) is 6.19. The molecule has 1 fully saturated rings. The third kappa shape index (κ3) is 2.55. The average Bonchev–Trinajstić information content (AvgIpc) is 3.25. The zero-order chi connectivity index (χ0) is 15.8. The highest BCUT2D eigenvalue weighted by molar-refractivity contribution is 7.12. The van der Waals surface area contributed by atoms with E-state index in [-0.39, 0.29) is 5.91 Å². The van der Waals surface area contributed by atoms with Gasteiger partial charge in [0, 0.05) is 37.9 Å². The Morgan fingerprint density at radius 2 is 2.09 bits per heavy atom. The molecule has 0 unspecified atom stereocenters. The highest BCUT2D eigenvalue weighted by Crippen LogP contribution is 2.19. The zero-order valence-electron chi connectivity index (χ0n) is 12.7. The quantitative estimate of drug-likeness (QED) is 0.712. The number of anilines is 1. The van der Waals surface area contributed by atoms with E-state index in [0.29, 0.717) is 18.9 Å². The molecule has 0 bridgehead atoms. The molecule has 0 spiro atoms. The summed E-state index contributed by atoms with van der Waals surface area (Å²) in [7, 11) is 0. The average molecular weight is 328 g/mol. The van der Waals surface area contributed by atoms with E-state index in [1.807, 2.05) is 35.4 Å². The van der Waals surface area contributed by atoms with Crippen LogP contribution in [-0.4, -0.2) is 56.6 Å². The Bertz CT molecular complexity index is 835. The summed E-state index contributed by atoms with van der Waals surface area (Å²) >= 11 is 1.49. The summed E-state index contributed by atoms with van der Waals surface area (Å²) in [5.41, 5.74) is 0.914. The topological polar surface area (TPSA) is 66.6 Å². The third-order valence-electron chi connectivity index (χ3n) is 3.98. The van der Waals surface area contributed by atoms with Gasteiger partial charge in [-0.2, -0.15) is 14.6 Å². The Kier molecular flexibility index (Phi) is 3.45. The van der Waals surface area contributed by atoms with Crippen molar-refractivity contribution >= 4 is 28.8 Å². The first-order chi connectivity index (χ1) is 11.2. The minimum Gasteiger partial charge on any atom is -0.353 e. The molecule has 0 N–H and O–H groups in total. The van der Waals surface area contributed by atoms with Crippen molar-refractivity contribution in [2.75, 3.05) is 31.1 Å². The van der Waals surface area contributed by atoms with Gasteiger partial charge in [-0.3, -0.25) is 4.79 Å². The number of nitrogens with zero attached hydrogens (tertiary/aromatic N) is 6. The Balaban J connectivity index is 1.53. The highest BCUT2D eigenvalue weighted by Gasteiger charge is 2.24. The van der Waals surface area contributed by atoms with Crippen LogP contribution in [0.15, 0.2) is 29.9 Å². The molecule has 118 valence electrons. The lowest BCUT2D eigenvalue weighted by Gasteiger charge is -2.35. The molecule has 7 nitrogen and oxygen atoms in total. The van der Waals surface area contributed by atoms with E-state index in [9.17, 15) is 4.79 Å². The minimum atomic E-state index is 0.122. The smallest absolute Gasteiger partial charge is 0.264 e. The van der Waals surface area contributed by atoms with Gasteiger partial charge in [-0.25, -0.2) is 4.98 Å². The summed E-state index contributed by atoms with van der Waals surface area (Å²) in [4.78, 5) is 25.9. The van der Waals surface area contributed by atoms with Gasteiger partial charge >= 0.3 is 0 Å². The first-order valence-corrected chi connectivity index (χ1v) is 8.35. The molecule has 3 aromatic heterocycles. The molecular weight excluding hydrogens is 312 g/mol. The summed E-state index contributed by atoms with van der Waals surface area (Å²) in [6.07, 6.45) is 1.52. The Morgan fingerprint density at radius 1 is 1.26 bits per heavy atom. The van der Waals surface area contributed by atoms with Crippen LogP contribution in [0.5, 0.6) is 0 Å². The lowest BCUT2D eigenvalue weighted by molar-refractivity contribution is 0.0751. The predicted molar refractivity (Wildman–Crippen MR) is 88.0 cm³/mol. The van der Waals surface area contributed by atoms with Crippen molar-refractivity contribution in [1.82, 2.24) is 24.5 Å². The molecule has 0 aliphatic carbocycles. The number of rotatable bonds is 2. The molecule has 1 aliphatic rings. The number of fused-ring (bicyclic) bond motifs is 1. The monoisotopic (exact) mass is 328 g/mol. The molecule has 0 radical (unpaired) electrons. The fourth-order valence-electron chi connectivity index (χ4n) is 2.83. The summed E-state index contributed by atoms with van der Waals surface area (Å²) in [5.74, 6) is 1.71. The SMILES string of the molecule is Cc1cc(N2CCN(C(=O)c3cccs3)CC2)n2ncnc2n1. The maximum Gasteiger partial charge on any atom is 0.264 e. The third-order valence-corrected chi connectivity index (χ3v) is 4.84. The lowest BCUT2D eigenvalue weighted by Crippen LogP contribution is -2.49. The molecule has 1 saturated heterocycles. The molecule has 1 amide bonds. The number of aryl methyl sites for hydroxylation is 1. The van der Waals surface area contributed by atoms with Crippen LogP contribution in [0.2, 0.25) is 0 Å². The number of hydrogen-bond donors (Lipinski definition) is 0. The van der Waals surface area contributed by atoms with E-state index in [4.69, 9.17) is 0 Å². The van der Waals surface area contributed by atoms with Gasteiger partial charge in [0.25, 0.3) is 11.7 Å². The Hall–Kier alpha value is -2.48. The van der Waals surface area contributed by atoms with Gasteiger partial charge in [-0.1, -0.05) is 6.07 Å². The summed E-state index contributed by atoms with van der Waals surface area (Å²) in [6.45, 7) is 4.91. The highest BCUT2D eigenvalue weighted by atomic mass is 32.1. The van der Waals surface area contributed by atoms with Gasteiger partial charge in [0.05, 0.1) is 4.88 Å². The van der Waals surface area contributed by atoms with E-state index < -0.39 is 0 Å². The van der Waals surface area contributed by atoms with E-state index in [1.165, 1.54) is 17.7 Å². The normalized spacial score (nSPS) is 15.3. The molecule has 1 aliphatic heterocycles. The molecule has 0 atom stereocenters. The Labute approximate surface area is 137 Å². The van der Waals surface area contributed by atoms with Crippen LogP contribution in [-0.2, 0) is 0 Å². The standard InChI is InChI=1S/C15H16N6OS/c1-11-9-13(21-15(18-11)16-10-17-21)19-4-6-20(7-5-19)14(22)12-3-2-8-23-12/h2-3,8-10H,4-7H2,1H3. The first-order valence-electron chi connectivity index (χ1n) is 7.47. The van der Waals surface area contributed by atoms with Crippen LogP contribution in [0.25, 0.3) is 5.78 Å². The van der Waals surface area contributed by atoms with E-state index in [0.717, 1.165) is 29.5 Å². The summed E-state index contributed by atoms with van der Waals surface area (Å²) < 4.78 is 1.75. The van der Waals surface area contributed by atoms with Crippen LogP contribution in [0.4, 0.5) is 5.82 Å². The van der Waals surface area contributed by atoms with Gasteiger partial charge in [-0.05, 0) is 18.4 Å². The number of hydrogen-bond acceptors (Lipinski definition) is 6. The molecule has 0 saturated carbocycles. The number of thiophene rings is 1. The first kappa shape index (κ1) is 14.1. The van der Waals surface area contributed by atoms with Crippen molar-refractivity contribution in [3.05, 3.63) is 40.5 Å². The molecule has 4 rings (SSSR count). The minimum absolute atomic E-state index is 0.122. The molecule has 4 heterocycles. The molecule has 3 aromatic rings. The van der Waals surface area contributed by atoms with Gasteiger partial charge in [0.15, 0.2) is 0 Å². The Morgan fingerprint density at radius 3 is 2.83 bits per heavy atom. The molecule has 0 aromatic carbocycles.